The molecule has 0 amide bonds. The van der Waals surface area contributed by atoms with Crippen LogP contribution < -0.4 is 37.2 Å². The van der Waals surface area contributed by atoms with E-state index in [1.165, 1.54) is 50.1 Å². The summed E-state index contributed by atoms with van der Waals surface area (Å²) in [4.78, 5) is 0. The molecular formula is C9H13Cl3Hf. The topological polar surface area (TPSA) is 0 Å². The van der Waals surface area contributed by atoms with Crippen LogP contribution >= 0.6 is 0 Å². The average Bonchev–Trinajstić information content (AvgIpc) is 2.31. The largest absolute Gasteiger partial charge is 1.00 e. The Morgan fingerprint density at radius 1 is 1.31 bits per heavy atom. The zero-order chi connectivity index (χ0) is 7.40. The predicted molar refractivity (Wildman–Crippen MR) is 40.3 cm³/mol. The van der Waals surface area contributed by atoms with E-state index in [2.05, 4.69) is 19.1 Å². The second kappa shape index (κ2) is 11.3. The molecule has 0 nitrogen and oxygen atoms in total. The summed E-state index contributed by atoms with van der Waals surface area (Å²) in [5, 5.41) is 0. The molecule has 0 atom stereocenters. The van der Waals surface area contributed by atoms with Crippen molar-refractivity contribution < 1.29 is 61.6 Å². The molecule has 0 aromatic carbocycles. The number of rotatable bonds is 3. The van der Waals surface area contributed by atoms with Crippen molar-refractivity contribution in [1.82, 2.24) is 0 Å². The molecule has 74 valence electrons. The third kappa shape index (κ3) is 7.18. The molecule has 0 bridgehead atoms. The zero-order valence-corrected chi connectivity index (χ0v) is 13.5. The van der Waals surface area contributed by atoms with Gasteiger partial charge in [-0.2, -0.15) is 0 Å². The quantitative estimate of drug-likeness (QED) is 0.410. The molecule has 0 fully saturated rings. The molecule has 0 radical (unpaired) electrons. The SMILES string of the molecule is CCCCC1=[C]([Hf+3])CC=C1.[Cl-].[Cl-].[Cl-]. The van der Waals surface area contributed by atoms with E-state index in [-0.39, 0.29) is 37.2 Å². The van der Waals surface area contributed by atoms with Crippen molar-refractivity contribution in [1.29, 1.82) is 0 Å². The van der Waals surface area contributed by atoms with E-state index in [0.717, 1.165) is 0 Å². The second-order valence-corrected chi connectivity index (χ2v) is 4.88. The van der Waals surface area contributed by atoms with Gasteiger partial charge in [-0.05, 0) is 0 Å². The maximum absolute atomic E-state index is 2.32. The van der Waals surface area contributed by atoms with Crippen LogP contribution in [0.25, 0.3) is 0 Å². The molecule has 4 heteroatoms. The summed E-state index contributed by atoms with van der Waals surface area (Å²) in [6.07, 6.45) is 9.89. The molecule has 0 aromatic rings. The number of unbranched alkanes of at least 4 members (excludes halogenated alkanes) is 1. The fraction of sp³-hybridized carbons (Fsp3) is 0.556. The van der Waals surface area contributed by atoms with E-state index in [9.17, 15) is 0 Å². The Balaban J connectivity index is -0.000000333. The van der Waals surface area contributed by atoms with Crippen molar-refractivity contribution in [2.75, 3.05) is 0 Å². The van der Waals surface area contributed by atoms with Gasteiger partial charge in [0.15, 0.2) is 0 Å². The summed E-state index contributed by atoms with van der Waals surface area (Å²) in [6, 6.07) is 0. The Kier molecular flexibility index (Phi) is 17.2. The van der Waals surface area contributed by atoms with Crippen molar-refractivity contribution >= 4 is 0 Å². The van der Waals surface area contributed by atoms with Crippen LogP contribution in [0.1, 0.15) is 32.6 Å². The maximum Gasteiger partial charge on any atom is -1.00 e. The maximum atomic E-state index is 2.32. The molecule has 1 aliphatic carbocycles. The van der Waals surface area contributed by atoms with E-state index >= 15 is 0 Å². The van der Waals surface area contributed by atoms with Gasteiger partial charge in [-0.3, -0.25) is 0 Å². The minimum absolute atomic E-state index is 0. The summed E-state index contributed by atoms with van der Waals surface area (Å²) >= 11 is 1.27. The van der Waals surface area contributed by atoms with Crippen molar-refractivity contribution in [3.05, 3.63) is 21.1 Å². The van der Waals surface area contributed by atoms with Gasteiger partial charge in [0.05, 0.1) is 0 Å². The Labute approximate surface area is 114 Å². The third-order valence-electron chi connectivity index (χ3n) is 1.83. The monoisotopic (exact) mass is 406 g/mol. The zero-order valence-electron chi connectivity index (χ0n) is 7.62. The first-order valence-corrected chi connectivity index (χ1v) is 5.74. The van der Waals surface area contributed by atoms with Crippen molar-refractivity contribution in [2.24, 2.45) is 0 Å². The summed E-state index contributed by atoms with van der Waals surface area (Å²) in [5.41, 5.74) is 1.65. The van der Waals surface area contributed by atoms with Gasteiger partial charge in [-0.15, -0.1) is 0 Å². The summed E-state index contributed by atoms with van der Waals surface area (Å²) in [5.74, 6) is 0. The fourth-order valence-electron chi connectivity index (χ4n) is 1.15. The Morgan fingerprint density at radius 2 is 1.92 bits per heavy atom. The van der Waals surface area contributed by atoms with Gasteiger partial charge >= 0.3 is 78.0 Å². The van der Waals surface area contributed by atoms with Gasteiger partial charge in [0.25, 0.3) is 0 Å². The Bertz CT molecular complexity index is 176. The van der Waals surface area contributed by atoms with Crippen molar-refractivity contribution in [3.8, 4) is 0 Å². The molecule has 0 saturated carbocycles. The van der Waals surface area contributed by atoms with E-state index in [4.69, 9.17) is 0 Å². The summed E-state index contributed by atoms with van der Waals surface area (Å²) in [7, 11) is 0. The van der Waals surface area contributed by atoms with Crippen LogP contribution in [-0.2, 0) is 24.4 Å². The van der Waals surface area contributed by atoms with Gasteiger partial charge in [0, 0.05) is 0 Å². The fourth-order valence-corrected chi connectivity index (χ4v) is 2.32. The molecule has 1 rings (SSSR count). The van der Waals surface area contributed by atoms with E-state index < -0.39 is 0 Å². The number of allylic oxidation sites excluding steroid dienone is 4. The minimum atomic E-state index is 0. The van der Waals surface area contributed by atoms with Crippen LogP contribution in [0.4, 0.5) is 0 Å². The Hall–Kier alpha value is 1.22. The molecule has 0 unspecified atom stereocenters. The van der Waals surface area contributed by atoms with Crippen LogP contribution in [0.2, 0.25) is 0 Å². The molecule has 1 aliphatic rings. The first-order chi connectivity index (χ1) is 4.84. The van der Waals surface area contributed by atoms with Gasteiger partial charge in [0.2, 0.25) is 0 Å². The molecule has 13 heavy (non-hydrogen) atoms. The van der Waals surface area contributed by atoms with E-state index in [1.54, 1.807) is 8.90 Å². The third-order valence-corrected chi connectivity index (χ3v) is 3.72. The summed E-state index contributed by atoms with van der Waals surface area (Å²) < 4.78 is 1.72. The average molecular weight is 406 g/mol. The Morgan fingerprint density at radius 3 is 2.31 bits per heavy atom. The van der Waals surface area contributed by atoms with Crippen LogP contribution in [0.15, 0.2) is 21.1 Å². The van der Waals surface area contributed by atoms with Gasteiger partial charge < -0.3 is 37.2 Å². The molecular weight excluding hydrogens is 393 g/mol. The van der Waals surface area contributed by atoms with Crippen LogP contribution in [0.3, 0.4) is 0 Å². The molecule has 0 aromatic heterocycles. The summed E-state index contributed by atoms with van der Waals surface area (Å²) in [6.45, 7) is 2.26. The standard InChI is InChI=1S/C9H13.3ClH.Hf/c1-2-3-6-9-7-4-5-8-9;;;;/h4,7H,2-3,5-6H2,1H3;3*1H;/q;;;;+3/p-3. The van der Waals surface area contributed by atoms with Crippen molar-refractivity contribution in [3.63, 3.8) is 0 Å². The number of halogens is 3. The molecule has 0 aliphatic heterocycles. The number of hydrogen-bond acceptors (Lipinski definition) is 0. The van der Waals surface area contributed by atoms with E-state index in [1.807, 2.05) is 0 Å². The minimum Gasteiger partial charge on any atom is -1.00 e. The predicted octanol–water partition coefficient (Wildman–Crippen LogP) is -6.05. The van der Waals surface area contributed by atoms with Gasteiger partial charge in [0.1, 0.15) is 0 Å². The normalized spacial score (nSPS) is 13.2. The molecule has 0 N–H and O–H groups in total. The molecule has 0 spiro atoms. The molecule has 0 heterocycles. The molecule has 0 saturated heterocycles. The smallest absolute Gasteiger partial charge is 1.00 e. The second-order valence-electron chi connectivity index (χ2n) is 2.71. The van der Waals surface area contributed by atoms with Crippen LogP contribution in [-0.4, -0.2) is 0 Å². The van der Waals surface area contributed by atoms with Gasteiger partial charge in [-0.25, -0.2) is 0 Å². The van der Waals surface area contributed by atoms with Crippen molar-refractivity contribution in [2.45, 2.75) is 32.6 Å². The first-order valence-electron chi connectivity index (χ1n) is 3.94. The van der Waals surface area contributed by atoms with Crippen LogP contribution in [0, 0.1) is 0 Å². The van der Waals surface area contributed by atoms with Gasteiger partial charge in [-0.1, -0.05) is 0 Å². The van der Waals surface area contributed by atoms with Crippen LogP contribution in [0.5, 0.6) is 0 Å². The first kappa shape index (κ1) is 19.7. The van der Waals surface area contributed by atoms with E-state index in [0.29, 0.717) is 0 Å². The number of hydrogen-bond donors (Lipinski definition) is 0.